The molecular weight excluding hydrogens is 512 g/mol. The largest absolute Gasteiger partial charge is 0.456 e. The average molecular weight is 545 g/mol. The maximum Gasteiger partial charge on any atom is 0.269 e. The van der Waals surface area contributed by atoms with Gasteiger partial charge in [-0.3, -0.25) is 9.59 Å². The molecule has 2 aliphatic rings. The first kappa shape index (κ1) is 25.9. The van der Waals surface area contributed by atoms with Crippen LogP contribution in [0.4, 0.5) is 22.9 Å². The minimum atomic E-state index is -0.641. The van der Waals surface area contributed by atoms with Gasteiger partial charge in [-0.1, -0.05) is 25.0 Å². The fourth-order valence-corrected chi connectivity index (χ4v) is 5.38. The van der Waals surface area contributed by atoms with Crippen molar-refractivity contribution >= 4 is 40.0 Å². The van der Waals surface area contributed by atoms with E-state index in [0.717, 1.165) is 36.9 Å². The Bertz CT molecular complexity index is 1590. The topological polar surface area (TPSA) is 162 Å². The van der Waals surface area contributed by atoms with Gasteiger partial charge >= 0.3 is 0 Å². The van der Waals surface area contributed by atoms with E-state index in [1.807, 2.05) is 35.2 Å². The first-order valence-electron chi connectivity index (χ1n) is 13.5. The molecule has 4 aromatic rings. The lowest BCUT2D eigenvalue weighted by Gasteiger charge is -2.30. The fourth-order valence-electron chi connectivity index (χ4n) is 5.38. The summed E-state index contributed by atoms with van der Waals surface area (Å²) >= 11 is 0. The lowest BCUT2D eigenvalue weighted by atomic mass is 9.91. The SMILES string of the molecule is NC(=O)c1ncc(N[C@H]2CCCC[C@H]2N)cc1Nc1cccc(-c2coc3c(=O)cc(N4CCOCC4)oc23)c1. The van der Waals surface area contributed by atoms with Gasteiger partial charge in [-0.2, -0.15) is 0 Å². The number of primary amides is 1. The Morgan fingerprint density at radius 1 is 1.05 bits per heavy atom. The van der Waals surface area contributed by atoms with Crippen molar-refractivity contribution in [2.24, 2.45) is 11.5 Å². The van der Waals surface area contributed by atoms with Crippen LogP contribution < -0.4 is 32.4 Å². The number of hydrogen-bond acceptors (Lipinski definition) is 10. The number of aromatic nitrogens is 1. The molecule has 6 N–H and O–H groups in total. The number of benzene rings is 1. The highest BCUT2D eigenvalue weighted by Crippen LogP contribution is 2.34. The van der Waals surface area contributed by atoms with Crippen molar-refractivity contribution < 1.29 is 18.4 Å². The number of pyridine rings is 1. The third kappa shape index (κ3) is 5.25. The van der Waals surface area contributed by atoms with E-state index in [4.69, 9.17) is 25.0 Å². The number of fused-ring (bicyclic) bond motifs is 1. The average Bonchev–Trinajstić information content (AvgIpc) is 3.40. The molecule has 3 aromatic heterocycles. The van der Waals surface area contributed by atoms with Crippen LogP contribution >= 0.6 is 0 Å². The van der Waals surface area contributed by atoms with Gasteiger partial charge in [0.1, 0.15) is 6.26 Å². The molecule has 2 fully saturated rings. The standard InChI is InChI=1S/C29H32N6O5/c30-21-6-1-2-7-22(21)34-19-13-23(26(29(31)37)32-15-19)33-18-5-3-4-17(12-18)20-16-39-28-24(36)14-25(40-27(20)28)35-8-10-38-11-9-35/h3-5,12-16,21-22,33-34H,1-2,6-11,30H2,(H2,31,37)/t21-,22+/m1/s1. The van der Waals surface area contributed by atoms with Gasteiger partial charge in [-0.05, 0) is 36.6 Å². The Kier molecular flexibility index (Phi) is 7.14. The van der Waals surface area contributed by atoms with Crippen molar-refractivity contribution in [3.05, 3.63) is 64.8 Å². The summed E-state index contributed by atoms with van der Waals surface area (Å²) in [4.78, 5) is 31.3. The second kappa shape index (κ2) is 11.0. The molecule has 1 saturated carbocycles. The molecule has 6 rings (SSSR count). The number of anilines is 4. The summed E-state index contributed by atoms with van der Waals surface area (Å²) in [6, 6.07) is 11.0. The maximum absolute atomic E-state index is 12.8. The minimum Gasteiger partial charge on any atom is -0.456 e. The molecule has 1 aliphatic heterocycles. The first-order chi connectivity index (χ1) is 19.5. The van der Waals surface area contributed by atoms with Gasteiger partial charge in [0, 0.05) is 30.9 Å². The zero-order chi connectivity index (χ0) is 27.6. The van der Waals surface area contributed by atoms with Crippen LogP contribution in [0.3, 0.4) is 0 Å². The van der Waals surface area contributed by atoms with Crippen LogP contribution in [-0.2, 0) is 4.74 Å². The van der Waals surface area contributed by atoms with Crippen LogP contribution in [0.15, 0.2) is 62.5 Å². The van der Waals surface area contributed by atoms with Crippen LogP contribution in [0.25, 0.3) is 22.3 Å². The number of amides is 1. The van der Waals surface area contributed by atoms with Crippen molar-refractivity contribution in [3.8, 4) is 11.1 Å². The first-order valence-corrected chi connectivity index (χ1v) is 13.5. The Balaban J connectivity index is 1.31. The van der Waals surface area contributed by atoms with Gasteiger partial charge in [-0.25, -0.2) is 4.98 Å². The van der Waals surface area contributed by atoms with E-state index in [0.29, 0.717) is 54.7 Å². The molecule has 11 heteroatoms. The van der Waals surface area contributed by atoms with Crippen molar-refractivity contribution in [1.82, 2.24) is 4.98 Å². The van der Waals surface area contributed by atoms with Gasteiger partial charge < -0.3 is 40.6 Å². The maximum atomic E-state index is 12.8. The highest BCUT2D eigenvalue weighted by molar-refractivity contribution is 5.98. The van der Waals surface area contributed by atoms with Gasteiger partial charge in [0.15, 0.2) is 17.2 Å². The van der Waals surface area contributed by atoms with E-state index >= 15 is 0 Å². The molecule has 0 unspecified atom stereocenters. The van der Waals surface area contributed by atoms with E-state index in [-0.39, 0.29) is 28.8 Å². The molecular formula is C29H32N6O5. The van der Waals surface area contributed by atoms with E-state index < -0.39 is 5.91 Å². The number of morpholine rings is 1. The molecule has 11 nitrogen and oxygen atoms in total. The second-order valence-electron chi connectivity index (χ2n) is 10.2. The van der Waals surface area contributed by atoms with Crippen LogP contribution in [0.1, 0.15) is 36.2 Å². The quantitative estimate of drug-likeness (QED) is 0.269. The number of ether oxygens (including phenoxy) is 1. The highest BCUT2D eigenvalue weighted by Gasteiger charge is 2.23. The predicted octanol–water partition coefficient (Wildman–Crippen LogP) is 3.81. The van der Waals surface area contributed by atoms with Crippen molar-refractivity contribution in [1.29, 1.82) is 0 Å². The summed E-state index contributed by atoms with van der Waals surface area (Å²) in [6.45, 7) is 2.41. The third-order valence-corrected chi connectivity index (χ3v) is 7.50. The molecule has 1 amide bonds. The zero-order valence-corrected chi connectivity index (χ0v) is 22.0. The summed E-state index contributed by atoms with van der Waals surface area (Å²) < 4.78 is 17.2. The smallest absolute Gasteiger partial charge is 0.269 e. The number of hydrogen-bond donors (Lipinski definition) is 4. The zero-order valence-electron chi connectivity index (χ0n) is 22.0. The number of rotatable bonds is 7. The Morgan fingerprint density at radius 3 is 2.67 bits per heavy atom. The molecule has 1 saturated heterocycles. The normalized spacial score (nSPS) is 19.5. The van der Waals surface area contributed by atoms with Gasteiger partial charge in [0.25, 0.3) is 5.91 Å². The van der Waals surface area contributed by atoms with Crippen molar-refractivity contribution in [2.75, 3.05) is 41.8 Å². The molecule has 0 radical (unpaired) electrons. The van der Waals surface area contributed by atoms with Gasteiger partial charge in [-0.15, -0.1) is 0 Å². The molecule has 0 spiro atoms. The van der Waals surface area contributed by atoms with Crippen LogP contribution in [0.5, 0.6) is 0 Å². The lowest BCUT2D eigenvalue weighted by Crippen LogP contribution is -2.42. The summed E-state index contributed by atoms with van der Waals surface area (Å²) in [5.41, 5.74) is 15.7. The summed E-state index contributed by atoms with van der Waals surface area (Å²) in [7, 11) is 0. The van der Waals surface area contributed by atoms with Gasteiger partial charge in [0.2, 0.25) is 11.0 Å². The molecule has 4 heterocycles. The molecule has 40 heavy (non-hydrogen) atoms. The second-order valence-corrected chi connectivity index (χ2v) is 10.2. The van der Waals surface area contributed by atoms with E-state index in [9.17, 15) is 9.59 Å². The fraction of sp³-hybridized carbons (Fsp3) is 0.345. The summed E-state index contributed by atoms with van der Waals surface area (Å²) in [5.74, 6) is -0.158. The van der Waals surface area contributed by atoms with Crippen LogP contribution in [0, 0.1) is 0 Å². The molecule has 1 aromatic carbocycles. The van der Waals surface area contributed by atoms with Crippen LogP contribution in [-0.4, -0.2) is 49.3 Å². The Labute approximate surface area is 230 Å². The number of nitrogens with zero attached hydrogens (tertiary/aromatic N) is 2. The molecule has 0 bridgehead atoms. The van der Waals surface area contributed by atoms with Crippen LogP contribution in [0.2, 0.25) is 0 Å². The summed E-state index contributed by atoms with van der Waals surface area (Å²) in [5, 5.41) is 6.76. The minimum absolute atomic E-state index is 0.0613. The Morgan fingerprint density at radius 2 is 1.88 bits per heavy atom. The number of nitrogens with two attached hydrogens (primary N) is 2. The molecule has 2 atom stereocenters. The number of furan rings is 1. The lowest BCUT2D eigenvalue weighted by molar-refractivity contribution is 0.0996. The monoisotopic (exact) mass is 544 g/mol. The van der Waals surface area contributed by atoms with E-state index in [1.54, 1.807) is 6.20 Å². The van der Waals surface area contributed by atoms with Crippen molar-refractivity contribution in [2.45, 2.75) is 37.8 Å². The Hall–Kier alpha value is -4.35. The number of carbonyl (C=O) groups is 1. The number of carbonyl (C=O) groups excluding carboxylic acids is 1. The molecule has 1 aliphatic carbocycles. The van der Waals surface area contributed by atoms with Crippen molar-refractivity contribution in [3.63, 3.8) is 0 Å². The third-order valence-electron chi connectivity index (χ3n) is 7.50. The predicted molar refractivity (Wildman–Crippen MR) is 153 cm³/mol. The highest BCUT2D eigenvalue weighted by atomic mass is 16.5. The summed E-state index contributed by atoms with van der Waals surface area (Å²) in [6.07, 6.45) is 7.32. The van der Waals surface area contributed by atoms with E-state index in [1.165, 1.54) is 12.3 Å². The van der Waals surface area contributed by atoms with Gasteiger partial charge in [0.05, 0.1) is 42.4 Å². The molecule has 208 valence electrons. The number of nitrogens with one attached hydrogen (secondary N) is 2. The van der Waals surface area contributed by atoms with E-state index in [2.05, 4.69) is 15.6 Å².